The van der Waals surface area contributed by atoms with Crippen LogP contribution in [-0.4, -0.2) is 43.8 Å². The number of halogens is 1. The van der Waals surface area contributed by atoms with Crippen LogP contribution in [0.25, 0.3) is 11.4 Å². The van der Waals surface area contributed by atoms with Gasteiger partial charge >= 0.3 is 0 Å². The second-order valence-electron chi connectivity index (χ2n) is 6.15. The van der Waals surface area contributed by atoms with Crippen molar-refractivity contribution >= 4 is 23.4 Å². The monoisotopic (exact) mass is 396 g/mol. The molecular formula is C19H17FN6OS. The fourth-order valence-corrected chi connectivity index (χ4v) is 3.57. The Morgan fingerprint density at radius 3 is 2.57 bits per heavy atom. The second-order valence-corrected chi connectivity index (χ2v) is 7.09. The fourth-order valence-electron chi connectivity index (χ4n) is 2.84. The average Bonchev–Trinajstić information content (AvgIpc) is 3.35. The molecule has 0 atom stereocenters. The summed E-state index contributed by atoms with van der Waals surface area (Å²) in [6.45, 7) is 0.555. The predicted octanol–water partition coefficient (Wildman–Crippen LogP) is 2.53. The molecule has 1 aliphatic rings. The molecule has 0 bridgehead atoms. The molecule has 0 aliphatic carbocycles. The third-order valence-corrected chi connectivity index (χ3v) is 5.22. The molecule has 0 unspecified atom stereocenters. The highest BCUT2D eigenvalue weighted by Crippen LogP contribution is 2.23. The highest BCUT2D eigenvalue weighted by atomic mass is 32.2. The number of benzene rings is 2. The number of hydrazone groups is 1. The Bertz CT molecular complexity index is 1020. The molecule has 0 saturated heterocycles. The van der Waals surface area contributed by atoms with Crippen LogP contribution in [0, 0.1) is 5.82 Å². The molecule has 4 rings (SSSR count). The van der Waals surface area contributed by atoms with Gasteiger partial charge in [-0.05, 0) is 29.8 Å². The third-order valence-electron chi connectivity index (χ3n) is 4.29. The maximum absolute atomic E-state index is 13.1. The minimum Gasteiger partial charge on any atom is -0.335 e. The molecule has 2 aromatic carbocycles. The zero-order valence-corrected chi connectivity index (χ0v) is 15.6. The number of rotatable bonds is 5. The second kappa shape index (κ2) is 7.81. The summed E-state index contributed by atoms with van der Waals surface area (Å²) in [5, 5.41) is 14.4. The van der Waals surface area contributed by atoms with Crippen molar-refractivity contribution in [1.29, 1.82) is 0 Å². The zero-order valence-electron chi connectivity index (χ0n) is 14.8. The number of carbonyl (C=O) groups excluding carboxylic acids is 1. The maximum Gasteiger partial charge on any atom is 0.253 e. The lowest BCUT2D eigenvalue weighted by atomic mass is 10.1. The number of carbonyl (C=O) groups is 1. The molecule has 3 aromatic rings. The molecule has 1 aromatic heterocycles. The van der Waals surface area contributed by atoms with Crippen molar-refractivity contribution in [3.63, 3.8) is 0 Å². The first-order chi connectivity index (χ1) is 13.6. The Kier molecular flexibility index (Phi) is 5.07. The van der Waals surface area contributed by atoms with E-state index in [1.807, 2.05) is 30.3 Å². The summed E-state index contributed by atoms with van der Waals surface area (Å²) < 4.78 is 14.4. The molecule has 142 valence electrons. The minimum absolute atomic E-state index is 0.123. The third kappa shape index (κ3) is 3.74. The molecule has 28 heavy (non-hydrogen) atoms. The minimum atomic E-state index is -0.340. The number of hydrogen-bond acceptors (Lipinski definition) is 6. The number of nitrogen functional groups attached to an aromatic ring is 1. The Morgan fingerprint density at radius 1 is 1.07 bits per heavy atom. The Labute approximate surface area is 165 Å². The zero-order chi connectivity index (χ0) is 19.5. The number of aromatic nitrogens is 3. The van der Waals surface area contributed by atoms with Gasteiger partial charge in [-0.3, -0.25) is 4.79 Å². The van der Waals surface area contributed by atoms with Crippen molar-refractivity contribution in [2.75, 3.05) is 18.1 Å². The van der Waals surface area contributed by atoms with Crippen LogP contribution in [0.2, 0.25) is 0 Å². The molecule has 7 nitrogen and oxygen atoms in total. The van der Waals surface area contributed by atoms with E-state index in [1.165, 1.54) is 33.6 Å². The van der Waals surface area contributed by atoms with E-state index in [2.05, 4.69) is 15.3 Å². The fraction of sp³-hybridized carbons (Fsp3) is 0.158. The molecule has 9 heteroatoms. The van der Waals surface area contributed by atoms with E-state index in [-0.39, 0.29) is 17.5 Å². The summed E-state index contributed by atoms with van der Waals surface area (Å²) in [4.78, 5) is 12.5. The van der Waals surface area contributed by atoms with Crippen LogP contribution in [0.1, 0.15) is 12.0 Å². The summed E-state index contributed by atoms with van der Waals surface area (Å²) >= 11 is 1.19. The lowest BCUT2D eigenvalue weighted by Crippen LogP contribution is -2.25. The summed E-state index contributed by atoms with van der Waals surface area (Å²) in [6, 6.07) is 15.6. The topological polar surface area (TPSA) is 89.4 Å². The van der Waals surface area contributed by atoms with E-state index in [1.54, 1.807) is 12.1 Å². The van der Waals surface area contributed by atoms with Gasteiger partial charge in [0.25, 0.3) is 5.91 Å². The van der Waals surface area contributed by atoms with Gasteiger partial charge in [0.1, 0.15) is 5.82 Å². The van der Waals surface area contributed by atoms with Crippen LogP contribution in [0.15, 0.2) is 64.9 Å². The highest BCUT2D eigenvalue weighted by Gasteiger charge is 2.22. The maximum atomic E-state index is 13.1. The van der Waals surface area contributed by atoms with Gasteiger partial charge < -0.3 is 5.84 Å². The number of amides is 1. The van der Waals surface area contributed by atoms with Crippen molar-refractivity contribution in [1.82, 2.24) is 19.9 Å². The number of nitrogens with zero attached hydrogens (tertiary/aromatic N) is 5. The van der Waals surface area contributed by atoms with Gasteiger partial charge in [-0.15, -0.1) is 10.2 Å². The van der Waals surface area contributed by atoms with Crippen molar-refractivity contribution in [3.8, 4) is 11.4 Å². The predicted molar refractivity (Wildman–Crippen MR) is 106 cm³/mol. The van der Waals surface area contributed by atoms with Crippen molar-refractivity contribution in [2.24, 2.45) is 5.10 Å². The molecular weight excluding hydrogens is 379 g/mol. The van der Waals surface area contributed by atoms with Crippen LogP contribution >= 0.6 is 11.8 Å². The summed E-state index contributed by atoms with van der Waals surface area (Å²) in [5.41, 5.74) is 2.57. The van der Waals surface area contributed by atoms with Gasteiger partial charge in [-0.25, -0.2) is 14.1 Å². The normalized spacial score (nSPS) is 13.6. The summed E-state index contributed by atoms with van der Waals surface area (Å²) in [6.07, 6.45) is 0.724. The molecule has 0 radical (unpaired) electrons. The molecule has 2 heterocycles. The average molecular weight is 396 g/mol. The summed E-state index contributed by atoms with van der Waals surface area (Å²) in [5.74, 6) is 6.12. The number of nitrogens with two attached hydrogens (primary N) is 1. The molecule has 0 saturated carbocycles. The Balaban J connectivity index is 1.40. The van der Waals surface area contributed by atoms with Gasteiger partial charge in [0, 0.05) is 12.0 Å². The van der Waals surface area contributed by atoms with E-state index in [0.717, 1.165) is 17.7 Å². The Hall–Kier alpha value is -3.20. The lowest BCUT2D eigenvalue weighted by Gasteiger charge is -2.10. The SMILES string of the molecule is Nn1c(SCC(=O)N2CCC(c3ccccc3)=N2)nnc1-c1ccc(F)cc1. The Morgan fingerprint density at radius 2 is 1.82 bits per heavy atom. The van der Waals surface area contributed by atoms with E-state index in [0.29, 0.717) is 23.1 Å². The molecule has 0 spiro atoms. The van der Waals surface area contributed by atoms with Gasteiger partial charge in [0.2, 0.25) is 5.16 Å². The quantitative estimate of drug-likeness (QED) is 0.529. The number of thioether (sulfide) groups is 1. The van der Waals surface area contributed by atoms with Crippen LogP contribution in [0.3, 0.4) is 0 Å². The first kappa shape index (κ1) is 18.2. The van der Waals surface area contributed by atoms with Crippen LogP contribution in [0.4, 0.5) is 4.39 Å². The van der Waals surface area contributed by atoms with Gasteiger partial charge in [0.15, 0.2) is 5.82 Å². The molecule has 1 amide bonds. The molecule has 2 N–H and O–H groups in total. The standard InChI is InChI=1S/C19H17FN6OS/c20-15-8-6-14(7-9-15)18-22-23-19(26(18)21)28-12-17(27)25-11-10-16(24-25)13-4-2-1-3-5-13/h1-9H,10-12,21H2. The van der Waals surface area contributed by atoms with Crippen LogP contribution in [-0.2, 0) is 4.79 Å². The van der Waals surface area contributed by atoms with Gasteiger partial charge in [-0.2, -0.15) is 5.10 Å². The molecule has 0 fully saturated rings. The van der Waals surface area contributed by atoms with Gasteiger partial charge in [0.05, 0.1) is 18.0 Å². The van der Waals surface area contributed by atoms with E-state index < -0.39 is 0 Å². The van der Waals surface area contributed by atoms with Crippen molar-refractivity contribution < 1.29 is 9.18 Å². The van der Waals surface area contributed by atoms with Gasteiger partial charge in [-0.1, -0.05) is 42.1 Å². The van der Waals surface area contributed by atoms with Crippen molar-refractivity contribution in [3.05, 3.63) is 66.0 Å². The lowest BCUT2D eigenvalue weighted by molar-refractivity contribution is -0.127. The van der Waals surface area contributed by atoms with E-state index >= 15 is 0 Å². The van der Waals surface area contributed by atoms with Crippen LogP contribution < -0.4 is 5.84 Å². The largest absolute Gasteiger partial charge is 0.335 e. The van der Waals surface area contributed by atoms with E-state index in [4.69, 9.17) is 5.84 Å². The highest BCUT2D eigenvalue weighted by molar-refractivity contribution is 7.99. The first-order valence-corrected chi connectivity index (χ1v) is 9.63. The smallest absolute Gasteiger partial charge is 0.253 e. The van der Waals surface area contributed by atoms with E-state index in [9.17, 15) is 9.18 Å². The van der Waals surface area contributed by atoms with Crippen molar-refractivity contribution in [2.45, 2.75) is 11.6 Å². The van der Waals surface area contributed by atoms with Crippen LogP contribution in [0.5, 0.6) is 0 Å². The summed E-state index contributed by atoms with van der Waals surface area (Å²) in [7, 11) is 0. The molecule has 1 aliphatic heterocycles. The first-order valence-electron chi connectivity index (χ1n) is 8.64. The number of hydrogen-bond donors (Lipinski definition) is 1.